The molecule has 0 aliphatic rings. The minimum Gasteiger partial charge on any atom is -0.494 e. The minimum atomic E-state index is 0.361. The molecule has 1 aromatic heterocycles. The Morgan fingerprint density at radius 3 is 2.65 bits per heavy atom. The second kappa shape index (κ2) is 10.1. The van der Waals surface area contributed by atoms with Crippen LogP contribution >= 0.6 is 0 Å². The molecule has 0 bridgehead atoms. The molecule has 0 unspecified atom stereocenters. The van der Waals surface area contributed by atoms with Crippen molar-refractivity contribution in [2.24, 2.45) is 10.7 Å². The van der Waals surface area contributed by atoms with E-state index in [0.717, 1.165) is 23.3 Å². The Balaban J connectivity index is 2.02. The third-order valence-electron chi connectivity index (χ3n) is 3.35. The summed E-state index contributed by atoms with van der Waals surface area (Å²) in [5, 5.41) is 3.00. The number of hydrogen-bond donors (Lipinski definition) is 2. The van der Waals surface area contributed by atoms with Crippen LogP contribution in [0.1, 0.15) is 25.8 Å². The van der Waals surface area contributed by atoms with E-state index in [9.17, 15) is 0 Å². The lowest BCUT2D eigenvalue weighted by Gasteiger charge is -2.10. The molecule has 0 saturated heterocycles. The van der Waals surface area contributed by atoms with Crippen molar-refractivity contribution < 1.29 is 9.47 Å². The second-order valence-corrected chi connectivity index (χ2v) is 5.90. The summed E-state index contributed by atoms with van der Waals surface area (Å²) in [7, 11) is 0. The molecule has 0 radical (unpaired) electrons. The van der Waals surface area contributed by atoms with Crippen LogP contribution in [0.5, 0.6) is 17.4 Å². The predicted octanol–water partition coefficient (Wildman–Crippen LogP) is 3.64. The first-order chi connectivity index (χ1) is 12.6. The quantitative estimate of drug-likeness (QED) is 0.408. The monoisotopic (exact) mass is 354 g/mol. The van der Waals surface area contributed by atoms with Crippen LogP contribution in [0.25, 0.3) is 0 Å². The molecule has 0 aliphatic carbocycles. The van der Waals surface area contributed by atoms with Crippen LogP contribution in [0, 0.1) is 0 Å². The highest BCUT2D eigenvalue weighted by Gasteiger charge is 2.06. The zero-order chi connectivity index (χ0) is 18.8. The maximum atomic E-state index is 5.89. The lowest BCUT2D eigenvalue weighted by Crippen LogP contribution is -2.32. The average molecular weight is 354 g/mol. The molecule has 138 valence electrons. The van der Waals surface area contributed by atoms with Crippen molar-refractivity contribution in [1.82, 2.24) is 10.3 Å². The van der Waals surface area contributed by atoms with Gasteiger partial charge in [0.05, 0.1) is 13.2 Å². The highest BCUT2D eigenvalue weighted by Crippen LogP contribution is 2.25. The van der Waals surface area contributed by atoms with Gasteiger partial charge in [0.2, 0.25) is 5.88 Å². The molecule has 2 rings (SSSR count). The molecule has 26 heavy (non-hydrogen) atoms. The number of nitrogens with two attached hydrogens (primary N) is 1. The summed E-state index contributed by atoms with van der Waals surface area (Å²) >= 11 is 0. The van der Waals surface area contributed by atoms with E-state index in [1.54, 1.807) is 6.20 Å². The van der Waals surface area contributed by atoms with Crippen molar-refractivity contribution in [1.29, 1.82) is 0 Å². The number of aliphatic imine (C=N–C) groups is 1. The number of pyridine rings is 1. The molecule has 0 aliphatic heterocycles. The number of benzene rings is 1. The van der Waals surface area contributed by atoms with Gasteiger partial charge in [-0.1, -0.05) is 25.1 Å². The Hall–Kier alpha value is -3.02. The van der Waals surface area contributed by atoms with Gasteiger partial charge in [-0.3, -0.25) is 0 Å². The Bertz CT molecular complexity index is 742. The molecule has 0 fully saturated rings. The van der Waals surface area contributed by atoms with E-state index in [-0.39, 0.29) is 0 Å². The maximum absolute atomic E-state index is 5.89. The van der Waals surface area contributed by atoms with E-state index in [2.05, 4.69) is 28.8 Å². The molecule has 6 heteroatoms. The van der Waals surface area contributed by atoms with Crippen LogP contribution in [0.3, 0.4) is 0 Å². The molecule has 1 heterocycles. The molecule has 2 aromatic rings. The topological polar surface area (TPSA) is 81.8 Å². The first-order valence-electron chi connectivity index (χ1n) is 8.61. The highest BCUT2D eigenvalue weighted by molar-refractivity contribution is 5.78. The average Bonchev–Trinajstić information content (AvgIpc) is 2.65. The van der Waals surface area contributed by atoms with Gasteiger partial charge in [0.15, 0.2) is 5.96 Å². The van der Waals surface area contributed by atoms with Crippen LogP contribution < -0.4 is 20.5 Å². The molecule has 0 atom stereocenters. The third kappa shape index (κ3) is 6.47. The number of nitrogens with zero attached hydrogens (tertiary/aromatic N) is 2. The van der Waals surface area contributed by atoms with Crippen molar-refractivity contribution in [3.8, 4) is 17.4 Å². The van der Waals surface area contributed by atoms with Crippen LogP contribution in [0.2, 0.25) is 0 Å². The van der Waals surface area contributed by atoms with Crippen LogP contribution in [-0.4, -0.2) is 24.1 Å². The van der Waals surface area contributed by atoms with Gasteiger partial charge in [0, 0.05) is 18.3 Å². The molecule has 6 nitrogen and oxygen atoms in total. The van der Waals surface area contributed by atoms with Gasteiger partial charge in [-0.25, -0.2) is 9.98 Å². The summed E-state index contributed by atoms with van der Waals surface area (Å²) < 4.78 is 11.5. The van der Waals surface area contributed by atoms with Crippen molar-refractivity contribution in [2.75, 3.05) is 13.2 Å². The number of ether oxygens (including phenoxy) is 2. The summed E-state index contributed by atoms with van der Waals surface area (Å²) in [6.45, 7) is 9.48. The fourth-order valence-corrected chi connectivity index (χ4v) is 2.04. The van der Waals surface area contributed by atoms with E-state index in [4.69, 9.17) is 15.2 Å². The van der Waals surface area contributed by atoms with Crippen LogP contribution in [0.15, 0.2) is 59.7 Å². The largest absolute Gasteiger partial charge is 0.494 e. The van der Waals surface area contributed by atoms with Crippen molar-refractivity contribution in [3.63, 3.8) is 0 Å². The normalized spacial score (nSPS) is 11.1. The van der Waals surface area contributed by atoms with Crippen molar-refractivity contribution in [2.45, 2.75) is 26.8 Å². The van der Waals surface area contributed by atoms with Gasteiger partial charge in [0.25, 0.3) is 0 Å². The lowest BCUT2D eigenvalue weighted by atomic mass is 10.2. The van der Waals surface area contributed by atoms with E-state index in [0.29, 0.717) is 37.3 Å². The zero-order valence-corrected chi connectivity index (χ0v) is 15.4. The third-order valence-corrected chi connectivity index (χ3v) is 3.35. The first kappa shape index (κ1) is 19.3. The van der Waals surface area contributed by atoms with E-state index in [1.807, 2.05) is 43.3 Å². The summed E-state index contributed by atoms with van der Waals surface area (Å²) in [6.07, 6.45) is 2.66. The van der Waals surface area contributed by atoms with Gasteiger partial charge in [-0.15, -0.1) is 0 Å². The molecular weight excluding hydrogens is 328 g/mol. The molecular formula is C20H26N4O2. The number of guanidine groups is 1. The molecule has 0 amide bonds. The minimum absolute atomic E-state index is 0.361. The van der Waals surface area contributed by atoms with E-state index >= 15 is 0 Å². The smallest absolute Gasteiger partial charge is 0.224 e. The zero-order valence-electron chi connectivity index (χ0n) is 15.4. The van der Waals surface area contributed by atoms with Gasteiger partial charge in [-0.2, -0.15) is 0 Å². The Morgan fingerprint density at radius 1 is 1.23 bits per heavy atom. The Morgan fingerprint density at radius 2 is 1.96 bits per heavy atom. The summed E-state index contributed by atoms with van der Waals surface area (Å²) in [4.78, 5) is 8.62. The molecule has 3 N–H and O–H groups in total. The fraction of sp³-hybridized carbons (Fsp3) is 0.300. The second-order valence-electron chi connectivity index (χ2n) is 5.90. The summed E-state index contributed by atoms with van der Waals surface area (Å²) in [5.74, 6) is 2.37. The first-order valence-corrected chi connectivity index (χ1v) is 8.61. The number of hydrogen-bond acceptors (Lipinski definition) is 4. The van der Waals surface area contributed by atoms with Gasteiger partial charge >= 0.3 is 0 Å². The van der Waals surface area contributed by atoms with Gasteiger partial charge in [-0.05, 0) is 43.7 Å². The Kier molecular flexibility index (Phi) is 7.49. The maximum Gasteiger partial charge on any atom is 0.224 e. The molecule has 1 aromatic carbocycles. The summed E-state index contributed by atoms with van der Waals surface area (Å²) in [6, 6.07) is 11.2. The number of nitrogens with one attached hydrogen (secondary N) is 1. The SMILES string of the molecule is C=C(C)CNC(N)=NCc1cccnc1Oc1ccc(OCCC)cc1. The van der Waals surface area contributed by atoms with Crippen molar-refractivity contribution in [3.05, 3.63) is 60.3 Å². The molecule has 0 saturated carbocycles. The fourth-order valence-electron chi connectivity index (χ4n) is 2.04. The van der Waals surface area contributed by atoms with E-state index < -0.39 is 0 Å². The van der Waals surface area contributed by atoms with Crippen LogP contribution in [-0.2, 0) is 6.54 Å². The van der Waals surface area contributed by atoms with Gasteiger partial charge in [0.1, 0.15) is 11.5 Å². The Labute approximate surface area is 154 Å². The van der Waals surface area contributed by atoms with Crippen molar-refractivity contribution >= 4 is 5.96 Å². The highest BCUT2D eigenvalue weighted by atomic mass is 16.5. The lowest BCUT2D eigenvalue weighted by molar-refractivity contribution is 0.317. The standard InChI is InChI=1S/C20H26N4O2/c1-4-12-25-17-7-9-18(10-8-17)26-19-16(6-5-11-22-19)14-24-20(21)23-13-15(2)3/h5-11H,2,4,12-14H2,1,3H3,(H3,21,23,24). The molecule has 0 spiro atoms. The van der Waals surface area contributed by atoms with E-state index in [1.165, 1.54) is 0 Å². The summed E-state index contributed by atoms with van der Waals surface area (Å²) in [5.41, 5.74) is 7.68. The van der Waals surface area contributed by atoms with Gasteiger partial charge < -0.3 is 20.5 Å². The number of rotatable bonds is 9. The van der Waals surface area contributed by atoms with Crippen LogP contribution in [0.4, 0.5) is 0 Å². The number of aromatic nitrogens is 1. The predicted molar refractivity (Wildman–Crippen MR) is 105 cm³/mol.